The lowest BCUT2D eigenvalue weighted by molar-refractivity contribution is -0.136. The molecule has 30 heavy (non-hydrogen) atoms. The minimum absolute atomic E-state index is 0.00895. The van der Waals surface area contributed by atoms with Crippen LogP contribution in [0.15, 0.2) is 54.6 Å². The summed E-state index contributed by atoms with van der Waals surface area (Å²) in [5, 5.41) is 0. The third-order valence-electron chi connectivity index (χ3n) is 5.82. The highest BCUT2D eigenvalue weighted by Crippen LogP contribution is 2.39. The van der Waals surface area contributed by atoms with Crippen LogP contribution in [0.25, 0.3) is 0 Å². The molecule has 0 bridgehead atoms. The number of carbonyl (C=O) groups is 2. The van der Waals surface area contributed by atoms with Gasteiger partial charge in [-0.05, 0) is 17.7 Å². The van der Waals surface area contributed by atoms with E-state index in [1.54, 1.807) is 0 Å². The normalized spacial score (nSPS) is 19.4. The number of nitrogens with zero attached hydrogens (tertiary/aromatic N) is 3. The molecule has 6 nitrogen and oxygen atoms in total. The molecule has 158 valence electrons. The molecule has 2 aromatic carbocycles. The molecule has 0 aromatic heterocycles. The number of amides is 2. The largest absolute Gasteiger partial charge is 0.489 e. The zero-order valence-electron chi connectivity index (χ0n) is 17.7. The van der Waals surface area contributed by atoms with Gasteiger partial charge >= 0.3 is 0 Å². The average Bonchev–Trinajstić information content (AvgIpc) is 2.78. The minimum atomic E-state index is -0.155. The van der Waals surface area contributed by atoms with Crippen molar-refractivity contribution in [3.05, 3.63) is 60.2 Å². The van der Waals surface area contributed by atoms with Gasteiger partial charge in [0.1, 0.15) is 12.4 Å². The maximum atomic E-state index is 13.5. The SMILES string of the molecule is CC(C)C(=O)N1CCN(CC(=O)N2c3ccccc3OCC2c2ccccc2)CC1. The molecule has 6 heteroatoms. The molecule has 0 spiro atoms. The molecule has 0 N–H and O–H groups in total. The highest BCUT2D eigenvalue weighted by molar-refractivity contribution is 5.97. The van der Waals surface area contributed by atoms with E-state index in [1.165, 1.54) is 0 Å². The standard InChI is InChI=1S/C24H29N3O3/c1-18(2)24(29)26-14-12-25(13-15-26)16-23(28)27-20-10-6-7-11-22(20)30-17-21(27)19-8-4-3-5-9-19/h3-11,18,21H,12-17H2,1-2H3. The Labute approximate surface area is 178 Å². The lowest BCUT2D eigenvalue weighted by Gasteiger charge is -2.40. The fourth-order valence-electron chi connectivity index (χ4n) is 4.18. The van der Waals surface area contributed by atoms with Crippen molar-refractivity contribution in [3.63, 3.8) is 0 Å². The van der Waals surface area contributed by atoms with Crippen molar-refractivity contribution in [3.8, 4) is 5.75 Å². The van der Waals surface area contributed by atoms with Gasteiger partial charge in [-0.3, -0.25) is 19.4 Å². The number of benzene rings is 2. The molecule has 4 rings (SSSR count). The summed E-state index contributed by atoms with van der Waals surface area (Å²) >= 11 is 0. The van der Waals surface area contributed by atoms with Gasteiger partial charge in [-0.2, -0.15) is 0 Å². The number of anilines is 1. The second-order valence-corrected chi connectivity index (χ2v) is 8.23. The lowest BCUT2D eigenvalue weighted by Crippen LogP contribution is -2.53. The molecule has 2 amide bonds. The van der Waals surface area contributed by atoms with Crippen LogP contribution in [0.3, 0.4) is 0 Å². The number of hydrogen-bond acceptors (Lipinski definition) is 4. The van der Waals surface area contributed by atoms with Gasteiger partial charge in [-0.1, -0.05) is 56.3 Å². The number of fused-ring (bicyclic) bond motifs is 1. The van der Waals surface area contributed by atoms with Crippen LogP contribution in [0, 0.1) is 5.92 Å². The van der Waals surface area contributed by atoms with Crippen molar-refractivity contribution >= 4 is 17.5 Å². The quantitative estimate of drug-likeness (QED) is 0.782. The summed E-state index contributed by atoms with van der Waals surface area (Å²) in [6.45, 7) is 7.40. The number of ether oxygens (including phenoxy) is 1. The summed E-state index contributed by atoms with van der Waals surface area (Å²) in [6, 6.07) is 17.6. The first-order valence-corrected chi connectivity index (χ1v) is 10.6. The summed E-state index contributed by atoms with van der Waals surface area (Å²) < 4.78 is 5.97. The molecule has 0 radical (unpaired) electrons. The molecular formula is C24H29N3O3. The Bertz CT molecular complexity index is 892. The fraction of sp³-hybridized carbons (Fsp3) is 0.417. The van der Waals surface area contributed by atoms with Crippen LogP contribution < -0.4 is 9.64 Å². The number of piperazine rings is 1. The monoisotopic (exact) mass is 407 g/mol. The lowest BCUT2D eigenvalue weighted by atomic mass is 10.0. The maximum Gasteiger partial charge on any atom is 0.241 e. The molecular weight excluding hydrogens is 378 g/mol. The van der Waals surface area contributed by atoms with Crippen molar-refractivity contribution in [1.82, 2.24) is 9.80 Å². The average molecular weight is 408 g/mol. The van der Waals surface area contributed by atoms with E-state index in [2.05, 4.69) is 4.90 Å². The Morgan fingerprint density at radius 2 is 1.63 bits per heavy atom. The highest BCUT2D eigenvalue weighted by atomic mass is 16.5. The maximum absolute atomic E-state index is 13.5. The second kappa shape index (κ2) is 8.88. The van der Waals surface area contributed by atoms with E-state index in [0.29, 0.717) is 39.3 Å². The summed E-state index contributed by atoms with van der Waals surface area (Å²) in [4.78, 5) is 31.7. The predicted molar refractivity (Wildman–Crippen MR) is 116 cm³/mol. The van der Waals surface area contributed by atoms with Crippen molar-refractivity contribution in [2.45, 2.75) is 19.9 Å². The van der Waals surface area contributed by atoms with Gasteiger partial charge in [-0.25, -0.2) is 0 Å². The molecule has 2 aliphatic rings. The van der Waals surface area contributed by atoms with E-state index < -0.39 is 0 Å². The van der Waals surface area contributed by atoms with E-state index in [0.717, 1.165) is 17.0 Å². The molecule has 1 unspecified atom stereocenters. The number of para-hydroxylation sites is 2. The Hall–Kier alpha value is -2.86. The topological polar surface area (TPSA) is 53.1 Å². The fourth-order valence-corrected chi connectivity index (χ4v) is 4.18. The second-order valence-electron chi connectivity index (χ2n) is 8.23. The van der Waals surface area contributed by atoms with Crippen molar-refractivity contribution in [1.29, 1.82) is 0 Å². The molecule has 2 aromatic rings. The first-order valence-electron chi connectivity index (χ1n) is 10.6. The van der Waals surface area contributed by atoms with E-state index in [4.69, 9.17) is 4.74 Å². The van der Waals surface area contributed by atoms with Gasteiger partial charge in [0.25, 0.3) is 0 Å². The van der Waals surface area contributed by atoms with Gasteiger partial charge in [0.15, 0.2) is 0 Å². The molecule has 1 saturated heterocycles. The third-order valence-corrected chi connectivity index (χ3v) is 5.82. The summed E-state index contributed by atoms with van der Waals surface area (Å²) in [6.07, 6.45) is 0. The Morgan fingerprint density at radius 3 is 2.33 bits per heavy atom. The highest BCUT2D eigenvalue weighted by Gasteiger charge is 2.34. The molecule has 2 heterocycles. The van der Waals surface area contributed by atoms with Gasteiger partial charge in [-0.15, -0.1) is 0 Å². The number of carbonyl (C=O) groups excluding carboxylic acids is 2. The Balaban J connectivity index is 1.50. The van der Waals surface area contributed by atoms with E-state index >= 15 is 0 Å². The van der Waals surface area contributed by atoms with Gasteiger partial charge in [0, 0.05) is 32.1 Å². The van der Waals surface area contributed by atoms with Crippen LogP contribution in [0.5, 0.6) is 5.75 Å². The van der Waals surface area contributed by atoms with Crippen LogP contribution in [0.4, 0.5) is 5.69 Å². The van der Waals surface area contributed by atoms with Crippen molar-refractivity contribution < 1.29 is 14.3 Å². The van der Waals surface area contributed by atoms with Crippen LogP contribution in [-0.4, -0.2) is 60.9 Å². The van der Waals surface area contributed by atoms with Crippen LogP contribution in [0.1, 0.15) is 25.5 Å². The molecule has 2 aliphatic heterocycles. The molecule has 1 atom stereocenters. The molecule has 0 saturated carbocycles. The van der Waals surface area contributed by atoms with E-state index in [1.807, 2.05) is 78.2 Å². The third kappa shape index (κ3) is 4.19. The molecule has 0 aliphatic carbocycles. The van der Waals surface area contributed by atoms with Crippen molar-refractivity contribution in [2.24, 2.45) is 5.92 Å². The minimum Gasteiger partial charge on any atom is -0.489 e. The van der Waals surface area contributed by atoms with Crippen LogP contribution in [0.2, 0.25) is 0 Å². The molecule has 1 fully saturated rings. The van der Waals surface area contributed by atoms with Crippen molar-refractivity contribution in [2.75, 3.05) is 44.2 Å². The summed E-state index contributed by atoms with van der Waals surface area (Å²) in [5.41, 5.74) is 1.88. The van der Waals surface area contributed by atoms with Gasteiger partial charge in [0.2, 0.25) is 11.8 Å². The zero-order chi connectivity index (χ0) is 21.1. The van der Waals surface area contributed by atoms with Crippen LogP contribution in [-0.2, 0) is 9.59 Å². The first kappa shape index (κ1) is 20.4. The number of rotatable bonds is 4. The summed E-state index contributed by atoms with van der Waals surface area (Å²) in [5.74, 6) is 0.996. The first-order chi connectivity index (χ1) is 14.5. The zero-order valence-corrected chi connectivity index (χ0v) is 17.7. The smallest absolute Gasteiger partial charge is 0.241 e. The van der Waals surface area contributed by atoms with Crippen LogP contribution >= 0.6 is 0 Å². The predicted octanol–water partition coefficient (Wildman–Crippen LogP) is 2.95. The van der Waals surface area contributed by atoms with Gasteiger partial charge < -0.3 is 9.64 Å². The van der Waals surface area contributed by atoms with Gasteiger partial charge in [0.05, 0.1) is 18.3 Å². The Morgan fingerprint density at radius 1 is 0.967 bits per heavy atom. The number of hydrogen-bond donors (Lipinski definition) is 0. The Kier molecular flexibility index (Phi) is 6.04. The summed E-state index contributed by atoms with van der Waals surface area (Å²) in [7, 11) is 0. The van der Waals surface area contributed by atoms with E-state index in [-0.39, 0.29) is 23.8 Å². The van der Waals surface area contributed by atoms with E-state index in [9.17, 15) is 9.59 Å².